The molecule has 63 heavy (non-hydrogen) atoms. The van der Waals surface area contributed by atoms with Gasteiger partial charge in [0.05, 0.1) is 9.79 Å². The van der Waals surface area contributed by atoms with E-state index in [1.165, 1.54) is 38.7 Å². The first kappa shape index (κ1) is 52.3. The molecule has 0 bridgehead atoms. The molecule has 344 valence electrons. The number of alkyl halides is 6. The quantitative estimate of drug-likeness (QED) is 0.127. The zero-order valence-electron chi connectivity index (χ0n) is 34.7. The van der Waals surface area contributed by atoms with Gasteiger partial charge in [0.2, 0.25) is 20.0 Å². The molecule has 2 aliphatic rings. The average molecular weight is 1020 g/mol. The van der Waals surface area contributed by atoms with E-state index in [0.717, 1.165) is 29.0 Å². The van der Waals surface area contributed by atoms with Crippen LogP contribution in [0.2, 0.25) is 0 Å². The van der Waals surface area contributed by atoms with Crippen molar-refractivity contribution in [2.75, 3.05) is 19.8 Å². The highest BCUT2D eigenvalue weighted by Gasteiger charge is 2.60. The number of benzene rings is 4. The summed E-state index contributed by atoms with van der Waals surface area (Å²) in [5.41, 5.74) is 4.01. The van der Waals surface area contributed by atoms with Gasteiger partial charge < -0.3 is 4.74 Å². The van der Waals surface area contributed by atoms with E-state index in [0.29, 0.717) is 37.5 Å². The third kappa shape index (κ3) is 13.4. The van der Waals surface area contributed by atoms with Crippen molar-refractivity contribution in [3.63, 3.8) is 0 Å². The molecule has 6 aromatic rings. The van der Waals surface area contributed by atoms with Crippen LogP contribution < -0.4 is 4.72 Å². The van der Waals surface area contributed by atoms with Crippen molar-refractivity contribution in [2.24, 2.45) is 0 Å². The summed E-state index contributed by atoms with van der Waals surface area (Å²) >= 11 is 6.59. The molecule has 2 aliphatic heterocycles. The van der Waals surface area contributed by atoms with Crippen LogP contribution in [0.15, 0.2) is 97.8 Å². The molecular formula is C45H51BrF6N2O5S4. The van der Waals surface area contributed by atoms with Gasteiger partial charge in [0.1, 0.15) is 12.1 Å². The number of thiophene rings is 2. The SMILES string of the molecule is Brc1csc2ccccc12.C.C1CCOC1.Cc1cc(C)c(S(=O)(=O)N2CC2C(F)(F)F)c(C)c1.Cc1cc(C)c(S(=O)(=O)NC(Cc2csc3ccccc23)C(F)(F)F)c(C)c1. The van der Waals surface area contributed by atoms with Crippen LogP contribution in [0, 0.1) is 41.5 Å². The maximum Gasteiger partial charge on any atom is 0.406 e. The molecule has 0 saturated carbocycles. The molecule has 7 nitrogen and oxygen atoms in total. The molecule has 0 spiro atoms. The average Bonchev–Trinajstić information content (AvgIpc) is 3.43. The van der Waals surface area contributed by atoms with E-state index in [9.17, 15) is 43.2 Å². The van der Waals surface area contributed by atoms with E-state index in [-0.39, 0.29) is 17.2 Å². The van der Waals surface area contributed by atoms with Crippen molar-refractivity contribution in [1.82, 2.24) is 9.03 Å². The number of aryl methyl sites for hydroxylation is 6. The topological polar surface area (TPSA) is 92.6 Å². The Balaban J connectivity index is 0.000000212. The number of ether oxygens (including phenoxy) is 1. The van der Waals surface area contributed by atoms with E-state index in [1.807, 2.05) is 30.7 Å². The van der Waals surface area contributed by atoms with Gasteiger partial charge in [0, 0.05) is 44.4 Å². The zero-order chi connectivity index (χ0) is 45.8. The number of nitrogens with zero attached hydrogens (tertiary/aromatic N) is 1. The maximum atomic E-state index is 13.7. The Bertz CT molecular complexity index is 2680. The standard InChI is InChI=1S/C20H20F3NO2S2.C12H14F3NO2S.C8H5BrS.C4H8O.CH4/c1-12-8-13(2)19(14(3)9-12)28(25,26)24-18(20(21,22)23)10-15-11-27-17-7-5-4-6-16(15)17;1-7-4-8(2)11(9(3)5-7)19(17,18)16-6-10(16)12(13,14)15;9-7-5-10-8-4-2-1-3-6(7)8;1-2-4-5-3-1;/h4-9,11,18,24H,10H2,1-3H3;4-5,10H,6H2,1-3H3;1-5H;1-4H2;1H4. The van der Waals surface area contributed by atoms with Crippen LogP contribution in [-0.2, 0) is 31.2 Å². The first-order valence-corrected chi connectivity index (χ1v) is 24.9. The summed E-state index contributed by atoms with van der Waals surface area (Å²) in [6.45, 7) is 11.5. The van der Waals surface area contributed by atoms with Crippen molar-refractivity contribution in [1.29, 1.82) is 0 Å². The highest BCUT2D eigenvalue weighted by molar-refractivity contribution is 9.10. The number of sulfonamides is 2. The predicted octanol–water partition coefficient (Wildman–Crippen LogP) is 12.9. The molecule has 0 radical (unpaired) electrons. The number of fused-ring (bicyclic) bond motifs is 2. The van der Waals surface area contributed by atoms with Crippen LogP contribution in [0.4, 0.5) is 26.3 Å². The van der Waals surface area contributed by atoms with Crippen molar-refractivity contribution in [2.45, 2.75) is 102 Å². The normalized spacial score (nSPS) is 16.8. The summed E-state index contributed by atoms with van der Waals surface area (Å²) in [5, 5.41) is 5.79. The smallest absolute Gasteiger partial charge is 0.381 e. The molecule has 4 aromatic carbocycles. The summed E-state index contributed by atoms with van der Waals surface area (Å²) in [6.07, 6.45) is -7.13. The second kappa shape index (κ2) is 21.3. The fourth-order valence-corrected chi connectivity index (χ4v) is 13.5. The van der Waals surface area contributed by atoms with Gasteiger partial charge in [-0.05, 0) is 127 Å². The van der Waals surface area contributed by atoms with Crippen molar-refractivity contribution >= 4 is 78.8 Å². The highest BCUT2D eigenvalue weighted by Crippen LogP contribution is 2.41. The van der Waals surface area contributed by atoms with Gasteiger partial charge in [-0.1, -0.05) is 79.2 Å². The van der Waals surface area contributed by atoms with E-state index in [2.05, 4.69) is 45.6 Å². The van der Waals surface area contributed by atoms with Gasteiger partial charge in [-0.2, -0.15) is 35.4 Å². The zero-order valence-corrected chi connectivity index (χ0v) is 39.6. The van der Waals surface area contributed by atoms with Crippen LogP contribution in [0.1, 0.15) is 59.2 Å². The minimum Gasteiger partial charge on any atom is -0.381 e. The lowest BCUT2D eigenvalue weighted by atomic mass is 10.1. The Kier molecular flexibility index (Phi) is 17.7. The minimum absolute atomic E-state index is 0. The molecule has 2 saturated heterocycles. The van der Waals surface area contributed by atoms with E-state index in [4.69, 9.17) is 4.74 Å². The molecule has 3 atom stereocenters. The van der Waals surface area contributed by atoms with Crippen LogP contribution in [0.25, 0.3) is 20.2 Å². The minimum atomic E-state index is -4.72. The van der Waals surface area contributed by atoms with Crippen molar-refractivity contribution in [3.8, 4) is 0 Å². The first-order valence-electron chi connectivity index (χ1n) is 19.4. The summed E-state index contributed by atoms with van der Waals surface area (Å²) < 4.78 is 139. The molecule has 3 unspecified atom stereocenters. The van der Waals surface area contributed by atoms with Crippen molar-refractivity contribution < 1.29 is 47.9 Å². The van der Waals surface area contributed by atoms with Gasteiger partial charge in [0.25, 0.3) is 0 Å². The summed E-state index contributed by atoms with van der Waals surface area (Å²) in [6, 6.07) is 18.0. The summed E-state index contributed by atoms with van der Waals surface area (Å²) in [5.74, 6) is 0. The molecule has 18 heteroatoms. The Hall–Kier alpha value is -3.36. The first-order chi connectivity index (χ1) is 28.9. The van der Waals surface area contributed by atoms with Gasteiger partial charge >= 0.3 is 12.4 Å². The lowest BCUT2D eigenvalue weighted by Crippen LogP contribution is -2.47. The van der Waals surface area contributed by atoms with Crippen LogP contribution in [0.5, 0.6) is 0 Å². The molecule has 2 aromatic heterocycles. The molecule has 8 rings (SSSR count). The fraction of sp³-hybridized carbons (Fsp3) is 0.378. The fourth-order valence-electron chi connectivity index (χ4n) is 7.27. The summed E-state index contributed by atoms with van der Waals surface area (Å²) in [4.78, 5) is -0.104. The van der Waals surface area contributed by atoms with Gasteiger partial charge in [0.15, 0.2) is 0 Å². The highest BCUT2D eigenvalue weighted by atomic mass is 79.9. The van der Waals surface area contributed by atoms with Crippen LogP contribution in [0.3, 0.4) is 0 Å². The molecule has 4 heterocycles. The lowest BCUT2D eigenvalue weighted by Gasteiger charge is -2.23. The maximum absolute atomic E-state index is 13.7. The number of halogens is 7. The predicted molar refractivity (Wildman–Crippen MR) is 247 cm³/mol. The Morgan fingerprint density at radius 2 is 1.19 bits per heavy atom. The van der Waals surface area contributed by atoms with Crippen molar-refractivity contribution in [3.05, 3.63) is 127 Å². The van der Waals surface area contributed by atoms with Gasteiger partial charge in [-0.15, -0.1) is 22.7 Å². The van der Waals surface area contributed by atoms with Crippen LogP contribution >= 0.6 is 38.6 Å². The van der Waals surface area contributed by atoms with Gasteiger partial charge in [-0.25, -0.2) is 16.8 Å². The largest absolute Gasteiger partial charge is 0.406 e. The van der Waals surface area contributed by atoms with Gasteiger partial charge in [-0.3, -0.25) is 0 Å². The number of rotatable bonds is 7. The van der Waals surface area contributed by atoms with E-state index >= 15 is 0 Å². The second-order valence-corrected chi connectivity index (χ2v) is 21.3. The van der Waals surface area contributed by atoms with E-state index < -0.39 is 57.4 Å². The molecule has 0 aliphatic carbocycles. The van der Waals surface area contributed by atoms with Crippen LogP contribution in [-0.4, -0.2) is 65.3 Å². The Morgan fingerprint density at radius 3 is 1.63 bits per heavy atom. The van der Waals surface area contributed by atoms with E-state index in [1.54, 1.807) is 80.8 Å². The summed E-state index contributed by atoms with van der Waals surface area (Å²) in [7, 11) is -8.41. The lowest BCUT2D eigenvalue weighted by molar-refractivity contribution is -0.150. The Labute approximate surface area is 382 Å². The third-order valence-corrected chi connectivity index (χ3v) is 16.8. The molecular weight excluding hydrogens is 971 g/mol. The number of nitrogens with one attached hydrogen (secondary N) is 1. The molecule has 1 N–H and O–H groups in total. The molecule has 2 fully saturated rings. The Morgan fingerprint density at radius 1 is 0.730 bits per heavy atom. The molecule has 0 amide bonds. The second-order valence-electron chi connectivity index (χ2n) is 15.2. The number of hydrogen-bond acceptors (Lipinski definition) is 7. The third-order valence-electron chi connectivity index (χ3n) is 9.93. The monoisotopic (exact) mass is 1020 g/mol. The number of hydrogen-bond donors (Lipinski definition) is 1.